The van der Waals surface area contributed by atoms with Gasteiger partial charge in [-0.25, -0.2) is 0 Å². The second-order valence-corrected chi connectivity index (χ2v) is 10.0. The van der Waals surface area contributed by atoms with E-state index in [0.717, 1.165) is 44.1 Å². The van der Waals surface area contributed by atoms with E-state index in [0.29, 0.717) is 29.8 Å². The zero-order valence-electron chi connectivity index (χ0n) is 23.7. The van der Waals surface area contributed by atoms with Gasteiger partial charge in [0.2, 0.25) is 5.75 Å². The summed E-state index contributed by atoms with van der Waals surface area (Å²) >= 11 is 0. The Bertz CT molecular complexity index is 1330. The highest BCUT2D eigenvalue weighted by molar-refractivity contribution is 5.89. The summed E-state index contributed by atoms with van der Waals surface area (Å²) in [6, 6.07) is 15.5. The number of rotatable bonds is 16. The first-order valence-corrected chi connectivity index (χ1v) is 13.8. The van der Waals surface area contributed by atoms with E-state index >= 15 is 0 Å². The van der Waals surface area contributed by atoms with Crippen molar-refractivity contribution in [1.82, 2.24) is 4.57 Å². The Hall–Kier alpha value is -3.80. The van der Waals surface area contributed by atoms with Gasteiger partial charge in [0.15, 0.2) is 5.75 Å². The van der Waals surface area contributed by atoms with Crippen molar-refractivity contribution < 1.29 is 19.0 Å². The lowest BCUT2D eigenvalue weighted by Crippen LogP contribution is -2.24. The number of hydrogen-bond donors (Lipinski definition) is 0. The van der Waals surface area contributed by atoms with Gasteiger partial charge in [-0.1, -0.05) is 73.7 Å². The number of unbranched alkanes of at least 4 members (excludes halogenated alkanes) is 3. The number of hydrogen-bond acceptors (Lipinski definition) is 5. The van der Waals surface area contributed by atoms with Crippen LogP contribution in [-0.2, 0) is 17.9 Å². The fourth-order valence-corrected chi connectivity index (χ4v) is 4.38. The van der Waals surface area contributed by atoms with Crippen LogP contribution in [0.3, 0.4) is 0 Å². The summed E-state index contributed by atoms with van der Waals surface area (Å²) in [6.45, 7) is 9.87. The number of nitrogens with zero attached hydrogens (tertiary/aromatic N) is 1. The molecule has 6 nitrogen and oxygen atoms in total. The molecule has 0 atom stereocenters. The van der Waals surface area contributed by atoms with Crippen LogP contribution in [0.5, 0.6) is 17.2 Å². The second kappa shape index (κ2) is 15.6. The quantitative estimate of drug-likeness (QED) is 0.107. The van der Waals surface area contributed by atoms with Crippen molar-refractivity contribution in [1.29, 1.82) is 0 Å². The summed E-state index contributed by atoms with van der Waals surface area (Å²) in [5.41, 5.74) is 3.85. The molecule has 0 amide bonds. The molecule has 0 saturated heterocycles. The Morgan fingerprint density at radius 2 is 1.72 bits per heavy atom. The molecule has 0 N–H and O–H groups in total. The Labute approximate surface area is 231 Å². The Balaban J connectivity index is 1.97. The predicted octanol–water partition coefficient (Wildman–Crippen LogP) is 7.77. The minimum absolute atomic E-state index is 0.0819. The SMILES string of the molecule is CCCCCCn1c(=O)c(OC=O)c(OC/C=C(\C)CCC=C(C)C)c2ccc(OCc3ccccc3)cc21. The van der Waals surface area contributed by atoms with Crippen LogP contribution in [0, 0.1) is 0 Å². The number of aryl methyl sites for hydroxylation is 1. The van der Waals surface area contributed by atoms with Crippen LogP contribution in [0.25, 0.3) is 10.9 Å². The van der Waals surface area contributed by atoms with Crippen LogP contribution in [0.15, 0.2) is 76.6 Å². The van der Waals surface area contributed by atoms with Gasteiger partial charge in [0, 0.05) is 18.0 Å². The van der Waals surface area contributed by atoms with Crippen molar-refractivity contribution in [2.24, 2.45) is 0 Å². The molecule has 208 valence electrons. The van der Waals surface area contributed by atoms with Gasteiger partial charge in [-0.15, -0.1) is 0 Å². The highest BCUT2D eigenvalue weighted by Crippen LogP contribution is 2.35. The van der Waals surface area contributed by atoms with Crippen LogP contribution < -0.4 is 19.8 Å². The Morgan fingerprint density at radius 1 is 0.923 bits per heavy atom. The van der Waals surface area contributed by atoms with Crippen LogP contribution in [0.2, 0.25) is 0 Å². The Kier molecular flexibility index (Phi) is 11.9. The average molecular weight is 532 g/mol. The van der Waals surface area contributed by atoms with Crippen molar-refractivity contribution in [3.63, 3.8) is 0 Å². The van der Waals surface area contributed by atoms with E-state index in [1.807, 2.05) is 54.6 Å². The van der Waals surface area contributed by atoms with Crippen LogP contribution in [0.1, 0.15) is 71.8 Å². The molecular formula is C33H41NO5. The van der Waals surface area contributed by atoms with Crippen molar-refractivity contribution in [2.75, 3.05) is 6.61 Å². The number of fused-ring (bicyclic) bond motifs is 1. The molecule has 0 aliphatic rings. The number of ether oxygens (including phenoxy) is 3. The average Bonchev–Trinajstić information content (AvgIpc) is 2.93. The van der Waals surface area contributed by atoms with Crippen molar-refractivity contribution >= 4 is 17.4 Å². The molecule has 0 radical (unpaired) electrons. The third-order valence-electron chi connectivity index (χ3n) is 6.55. The number of benzene rings is 2. The van der Waals surface area contributed by atoms with Crippen LogP contribution in [0.4, 0.5) is 0 Å². The molecule has 3 aromatic rings. The molecule has 1 aromatic heterocycles. The van der Waals surface area contributed by atoms with Crippen molar-refractivity contribution in [3.8, 4) is 17.2 Å². The van der Waals surface area contributed by atoms with Crippen molar-refractivity contribution in [2.45, 2.75) is 79.4 Å². The first-order chi connectivity index (χ1) is 18.9. The van der Waals surface area contributed by atoms with Gasteiger partial charge in [-0.05, 0) is 63.8 Å². The topological polar surface area (TPSA) is 66.8 Å². The van der Waals surface area contributed by atoms with E-state index in [-0.39, 0.29) is 30.1 Å². The van der Waals surface area contributed by atoms with Gasteiger partial charge in [0.1, 0.15) is 19.0 Å². The molecule has 0 saturated carbocycles. The lowest BCUT2D eigenvalue weighted by molar-refractivity contribution is -0.120. The first kappa shape index (κ1) is 29.8. The van der Waals surface area contributed by atoms with Crippen molar-refractivity contribution in [3.05, 3.63) is 87.7 Å². The lowest BCUT2D eigenvalue weighted by atomic mass is 10.1. The summed E-state index contributed by atoms with van der Waals surface area (Å²) in [5.74, 6) is 0.842. The predicted molar refractivity (Wildman–Crippen MR) is 158 cm³/mol. The first-order valence-electron chi connectivity index (χ1n) is 13.8. The lowest BCUT2D eigenvalue weighted by Gasteiger charge is -2.18. The Morgan fingerprint density at radius 3 is 2.44 bits per heavy atom. The van der Waals surface area contributed by atoms with E-state index in [9.17, 15) is 9.59 Å². The summed E-state index contributed by atoms with van der Waals surface area (Å²) in [7, 11) is 0. The van der Waals surface area contributed by atoms with Gasteiger partial charge >= 0.3 is 0 Å². The minimum atomic E-state index is -0.384. The number of aromatic nitrogens is 1. The maximum Gasteiger partial charge on any atom is 0.298 e. The molecular weight excluding hydrogens is 490 g/mol. The summed E-state index contributed by atoms with van der Waals surface area (Å²) in [6.07, 6.45) is 10.1. The number of carbonyl (C=O) groups excluding carboxylic acids is 1. The normalized spacial score (nSPS) is 11.3. The standard InChI is InChI=1S/C33H41NO5/c1-5-6-7-11-20-34-30-22-28(38-23-27-15-9-8-10-16-27)17-18-29(30)31(32(33(34)36)39-24-35)37-21-19-26(4)14-12-13-25(2)3/h8-10,13,15-19,22,24H,5-7,11-12,14,20-21,23H2,1-4H3/b26-19+. The molecule has 1 heterocycles. The van der Waals surface area contributed by atoms with Gasteiger partial charge in [0.05, 0.1) is 5.52 Å². The molecule has 0 bridgehead atoms. The van der Waals surface area contributed by atoms with E-state index < -0.39 is 0 Å². The largest absolute Gasteiger partial charge is 0.489 e. The van der Waals surface area contributed by atoms with E-state index in [1.54, 1.807) is 4.57 Å². The molecule has 6 heteroatoms. The second-order valence-electron chi connectivity index (χ2n) is 10.0. The molecule has 0 fully saturated rings. The third-order valence-corrected chi connectivity index (χ3v) is 6.55. The van der Waals surface area contributed by atoms with E-state index in [1.165, 1.54) is 11.1 Å². The summed E-state index contributed by atoms with van der Waals surface area (Å²) in [4.78, 5) is 25.0. The molecule has 0 aliphatic heterocycles. The zero-order chi connectivity index (χ0) is 28.0. The van der Waals surface area contributed by atoms with E-state index in [4.69, 9.17) is 14.2 Å². The smallest absolute Gasteiger partial charge is 0.298 e. The van der Waals surface area contributed by atoms with Gasteiger partial charge in [-0.3, -0.25) is 9.59 Å². The van der Waals surface area contributed by atoms with Gasteiger partial charge in [0.25, 0.3) is 12.0 Å². The number of pyridine rings is 1. The third kappa shape index (κ3) is 8.88. The monoisotopic (exact) mass is 531 g/mol. The minimum Gasteiger partial charge on any atom is -0.489 e. The van der Waals surface area contributed by atoms with E-state index in [2.05, 4.69) is 33.8 Å². The fraction of sp³-hybridized carbons (Fsp3) is 0.394. The molecule has 39 heavy (non-hydrogen) atoms. The number of carbonyl (C=O) groups is 1. The number of allylic oxidation sites excluding steroid dienone is 3. The molecule has 3 rings (SSSR count). The molecule has 0 aliphatic carbocycles. The highest BCUT2D eigenvalue weighted by atomic mass is 16.5. The molecule has 0 spiro atoms. The summed E-state index contributed by atoms with van der Waals surface area (Å²) < 4.78 is 19.1. The van der Waals surface area contributed by atoms with Crippen LogP contribution >= 0.6 is 0 Å². The fourth-order valence-electron chi connectivity index (χ4n) is 4.38. The molecule has 2 aromatic carbocycles. The van der Waals surface area contributed by atoms with Gasteiger partial charge in [-0.2, -0.15) is 0 Å². The summed E-state index contributed by atoms with van der Waals surface area (Å²) in [5, 5.41) is 0.699. The highest BCUT2D eigenvalue weighted by Gasteiger charge is 2.20. The van der Waals surface area contributed by atoms with Gasteiger partial charge < -0.3 is 18.8 Å². The maximum absolute atomic E-state index is 13.6. The maximum atomic E-state index is 13.6. The van der Waals surface area contributed by atoms with Crippen LogP contribution in [-0.4, -0.2) is 17.6 Å². The molecule has 0 unspecified atom stereocenters. The zero-order valence-corrected chi connectivity index (χ0v) is 23.7.